The maximum atomic E-state index is 14.0. The van der Waals surface area contributed by atoms with E-state index in [1.807, 2.05) is 54.9 Å². The predicted molar refractivity (Wildman–Crippen MR) is 182 cm³/mol. The van der Waals surface area contributed by atoms with Gasteiger partial charge < -0.3 is 24.3 Å². The molecule has 0 radical (unpaired) electrons. The Morgan fingerprint density at radius 1 is 0.957 bits per heavy atom. The minimum Gasteiger partial charge on any atom is -0.383 e. The molecule has 248 valence electrons. The van der Waals surface area contributed by atoms with Gasteiger partial charge in [-0.25, -0.2) is 4.68 Å². The molecule has 0 bridgehead atoms. The van der Waals surface area contributed by atoms with Crippen molar-refractivity contribution in [2.75, 3.05) is 53.6 Å². The molecule has 4 aromatic rings. The third-order valence-electron chi connectivity index (χ3n) is 8.93. The summed E-state index contributed by atoms with van der Waals surface area (Å²) in [6.45, 7) is 7.96. The van der Waals surface area contributed by atoms with Gasteiger partial charge in [-0.1, -0.05) is 48.5 Å². The van der Waals surface area contributed by atoms with E-state index >= 15 is 0 Å². The van der Waals surface area contributed by atoms with E-state index in [9.17, 15) is 14.4 Å². The van der Waals surface area contributed by atoms with Crippen LogP contribution in [0, 0.1) is 12.8 Å². The molecule has 2 aromatic heterocycles. The molecular weight excluding hydrogens is 594 g/mol. The molecule has 1 saturated heterocycles. The molecule has 0 saturated carbocycles. The highest BCUT2D eigenvalue weighted by molar-refractivity contribution is 5.95. The van der Waals surface area contributed by atoms with Crippen LogP contribution < -0.4 is 10.9 Å². The molecular formula is C37H45N5O5. The molecule has 3 heterocycles. The number of carbonyl (C=O) groups excluding carboxylic acids is 2. The topological polar surface area (TPSA) is 108 Å². The normalized spacial score (nSPS) is 16.4. The molecule has 1 aliphatic heterocycles. The molecule has 10 heteroatoms. The number of rotatable bonds is 15. The fourth-order valence-electron chi connectivity index (χ4n) is 6.53. The Morgan fingerprint density at radius 2 is 1.64 bits per heavy atom. The van der Waals surface area contributed by atoms with Crippen molar-refractivity contribution >= 4 is 11.7 Å². The van der Waals surface area contributed by atoms with Crippen molar-refractivity contribution in [2.45, 2.75) is 39.2 Å². The summed E-state index contributed by atoms with van der Waals surface area (Å²) in [6, 6.07) is 21.8. The Morgan fingerprint density at radius 3 is 2.32 bits per heavy atom. The number of likely N-dealkylation sites (tertiary alicyclic amines) is 1. The highest BCUT2D eigenvalue weighted by atomic mass is 16.5. The Hall–Kier alpha value is -4.38. The van der Waals surface area contributed by atoms with E-state index in [2.05, 4.69) is 34.5 Å². The number of ketones is 1. The van der Waals surface area contributed by atoms with Gasteiger partial charge in [-0.15, -0.1) is 0 Å². The lowest BCUT2D eigenvalue weighted by molar-refractivity contribution is -0.119. The zero-order valence-corrected chi connectivity index (χ0v) is 27.8. The van der Waals surface area contributed by atoms with Gasteiger partial charge in [-0.05, 0) is 49.1 Å². The number of ether oxygens (including phenoxy) is 2. The third-order valence-corrected chi connectivity index (χ3v) is 8.93. The summed E-state index contributed by atoms with van der Waals surface area (Å²) in [5.74, 6) is 0.140. The fourth-order valence-corrected chi connectivity index (χ4v) is 6.53. The van der Waals surface area contributed by atoms with Crippen molar-refractivity contribution in [1.82, 2.24) is 24.6 Å². The number of nitrogens with zero attached hydrogens (tertiary/aromatic N) is 4. The lowest BCUT2D eigenvalue weighted by atomic mass is 9.85. The van der Waals surface area contributed by atoms with E-state index in [1.54, 1.807) is 26.5 Å². The summed E-state index contributed by atoms with van der Waals surface area (Å²) in [5.41, 5.74) is 4.58. The zero-order chi connectivity index (χ0) is 33.3. The summed E-state index contributed by atoms with van der Waals surface area (Å²) in [5, 5.41) is 7.75. The largest absolute Gasteiger partial charge is 0.383 e. The molecule has 2 atom stereocenters. The second kappa shape index (κ2) is 15.9. The molecule has 0 unspecified atom stereocenters. The third kappa shape index (κ3) is 7.96. The summed E-state index contributed by atoms with van der Waals surface area (Å²) in [7, 11) is 3.28. The van der Waals surface area contributed by atoms with Crippen molar-refractivity contribution in [3.05, 3.63) is 106 Å². The van der Waals surface area contributed by atoms with Crippen LogP contribution in [0.15, 0.2) is 77.7 Å². The number of Topliss-reactive ketones (excluding diaryl/α,β-unsaturated/α-hetero) is 1. The summed E-state index contributed by atoms with van der Waals surface area (Å²) >= 11 is 0. The molecule has 47 heavy (non-hydrogen) atoms. The van der Waals surface area contributed by atoms with Crippen LogP contribution in [0.4, 0.5) is 0 Å². The number of pyridine rings is 1. The first-order valence-electron chi connectivity index (χ1n) is 16.3. The minimum atomic E-state index is -0.440. The van der Waals surface area contributed by atoms with Gasteiger partial charge in [0.2, 0.25) is 0 Å². The monoisotopic (exact) mass is 639 g/mol. The van der Waals surface area contributed by atoms with Crippen LogP contribution in [0.25, 0.3) is 16.9 Å². The summed E-state index contributed by atoms with van der Waals surface area (Å²) in [6.07, 6.45) is 2.37. The second-order valence-electron chi connectivity index (χ2n) is 12.1. The average molecular weight is 640 g/mol. The Balaban J connectivity index is 1.50. The van der Waals surface area contributed by atoms with Crippen molar-refractivity contribution < 1.29 is 19.1 Å². The number of nitrogens with one attached hydrogen (secondary N) is 1. The first kappa shape index (κ1) is 34.0. The van der Waals surface area contributed by atoms with Gasteiger partial charge in [-0.2, -0.15) is 5.10 Å². The van der Waals surface area contributed by atoms with Gasteiger partial charge in [0.1, 0.15) is 11.3 Å². The van der Waals surface area contributed by atoms with E-state index in [1.165, 1.54) is 10.1 Å². The number of methoxy groups -OCH3 is 2. The molecule has 5 rings (SSSR count). The molecule has 2 aromatic carbocycles. The van der Waals surface area contributed by atoms with E-state index in [-0.39, 0.29) is 36.1 Å². The number of hydrogen-bond acceptors (Lipinski definition) is 7. The van der Waals surface area contributed by atoms with Crippen molar-refractivity contribution in [2.24, 2.45) is 5.92 Å². The van der Waals surface area contributed by atoms with Crippen LogP contribution in [-0.4, -0.2) is 84.6 Å². The Labute approximate surface area is 276 Å². The van der Waals surface area contributed by atoms with E-state index in [4.69, 9.17) is 14.6 Å². The number of benzene rings is 2. The lowest BCUT2D eigenvalue weighted by Gasteiger charge is -2.18. The standard InChI is InChI=1S/C37H45N5O5/c1-5-38-36(44)32-21-29(24-41(37(32)45)17-19-47-4)35-26(2)34(42(39-35)30-14-10-7-11-15-30)22-31(43)20-28-23-40(16-18-46-3)25-33(28)27-12-8-6-9-13-27/h6-15,21,24,28,33H,5,16-20,22-23,25H2,1-4H3,(H,38,44)/t28-,33+/m1/s1. The smallest absolute Gasteiger partial charge is 0.263 e. The van der Waals surface area contributed by atoms with Crippen LogP contribution in [0.2, 0.25) is 0 Å². The van der Waals surface area contributed by atoms with Gasteiger partial charge >= 0.3 is 0 Å². The van der Waals surface area contributed by atoms with Crippen LogP contribution in [0.1, 0.15) is 46.4 Å². The zero-order valence-electron chi connectivity index (χ0n) is 27.8. The Kier molecular flexibility index (Phi) is 11.5. The average Bonchev–Trinajstić information content (AvgIpc) is 3.64. The molecule has 1 N–H and O–H groups in total. The van der Waals surface area contributed by atoms with Crippen molar-refractivity contribution in [1.29, 1.82) is 0 Å². The first-order chi connectivity index (χ1) is 22.8. The van der Waals surface area contributed by atoms with E-state index in [0.717, 1.165) is 36.6 Å². The van der Waals surface area contributed by atoms with Crippen LogP contribution in [0.3, 0.4) is 0 Å². The van der Waals surface area contributed by atoms with Crippen molar-refractivity contribution in [3.63, 3.8) is 0 Å². The number of para-hydroxylation sites is 1. The highest BCUT2D eigenvalue weighted by Crippen LogP contribution is 2.36. The number of aromatic nitrogens is 3. The van der Waals surface area contributed by atoms with E-state index < -0.39 is 11.5 Å². The maximum absolute atomic E-state index is 14.0. The van der Waals surface area contributed by atoms with Crippen LogP contribution in [-0.2, 0) is 27.2 Å². The highest BCUT2D eigenvalue weighted by Gasteiger charge is 2.35. The Bertz CT molecular complexity index is 1720. The van der Waals surface area contributed by atoms with Gasteiger partial charge in [-0.3, -0.25) is 14.4 Å². The van der Waals surface area contributed by atoms with Crippen LogP contribution in [0.5, 0.6) is 0 Å². The van der Waals surface area contributed by atoms with Gasteiger partial charge in [0.15, 0.2) is 0 Å². The molecule has 1 fully saturated rings. The SMILES string of the molecule is CCNC(=O)c1cc(-c2nn(-c3ccccc3)c(CC(=O)C[C@@H]3CN(CCOC)C[C@H]3c3ccccc3)c2C)cn(CCOC)c1=O. The first-order valence-corrected chi connectivity index (χ1v) is 16.3. The van der Waals surface area contributed by atoms with Gasteiger partial charge in [0, 0.05) is 77.5 Å². The van der Waals surface area contributed by atoms with Crippen LogP contribution >= 0.6 is 0 Å². The molecule has 10 nitrogen and oxygen atoms in total. The van der Waals surface area contributed by atoms with Gasteiger partial charge in [0.25, 0.3) is 11.5 Å². The maximum Gasteiger partial charge on any atom is 0.263 e. The number of hydrogen-bond donors (Lipinski definition) is 1. The van der Waals surface area contributed by atoms with E-state index in [0.29, 0.717) is 37.4 Å². The lowest BCUT2D eigenvalue weighted by Crippen LogP contribution is -2.33. The van der Waals surface area contributed by atoms with Gasteiger partial charge in [0.05, 0.1) is 30.3 Å². The minimum absolute atomic E-state index is 0.0398. The molecule has 1 amide bonds. The van der Waals surface area contributed by atoms with Crippen molar-refractivity contribution in [3.8, 4) is 16.9 Å². The summed E-state index contributed by atoms with van der Waals surface area (Å²) < 4.78 is 13.9. The molecule has 0 aliphatic carbocycles. The molecule has 0 spiro atoms. The molecule has 1 aliphatic rings. The second-order valence-corrected chi connectivity index (χ2v) is 12.1. The fraction of sp³-hybridized carbons (Fsp3) is 0.405. The number of carbonyl (C=O) groups is 2. The quantitative estimate of drug-likeness (QED) is 0.207. The number of amides is 1. The summed E-state index contributed by atoms with van der Waals surface area (Å²) in [4.78, 5) is 42.6. The predicted octanol–water partition coefficient (Wildman–Crippen LogP) is 4.27.